The molecule has 0 aliphatic carbocycles. The van der Waals surface area contributed by atoms with Gasteiger partial charge in [-0.3, -0.25) is 4.99 Å². The molecule has 0 saturated carbocycles. The number of hydrogen-bond donors (Lipinski definition) is 2. The minimum atomic E-state index is -0.208. The summed E-state index contributed by atoms with van der Waals surface area (Å²) in [5.74, 6) is 0.612. The summed E-state index contributed by atoms with van der Waals surface area (Å²) in [6, 6.07) is 7.16. The molecule has 1 rings (SSSR count). The molecule has 0 aromatic heterocycles. The zero-order valence-electron chi connectivity index (χ0n) is 19.0. The Balaban J connectivity index is 0.00000784. The van der Waals surface area contributed by atoms with E-state index in [1.165, 1.54) is 12.5 Å². The van der Waals surface area contributed by atoms with Gasteiger partial charge >= 0.3 is 0 Å². The predicted octanol–water partition coefficient (Wildman–Crippen LogP) is 4.11. The minimum Gasteiger partial charge on any atom is -0.357 e. The summed E-state index contributed by atoms with van der Waals surface area (Å²) < 4.78 is 13.6. The monoisotopic (exact) mass is 521 g/mol. The molecule has 168 valence electrons. The van der Waals surface area contributed by atoms with Crippen molar-refractivity contribution in [1.29, 1.82) is 0 Å². The lowest BCUT2D eigenvalue weighted by atomic mass is 10.1. The Hall–Kier alpha value is -0.930. The fourth-order valence-corrected chi connectivity index (χ4v) is 3.24. The Morgan fingerprint density at radius 2 is 1.86 bits per heavy atom. The van der Waals surface area contributed by atoms with E-state index in [1.54, 1.807) is 12.1 Å². The van der Waals surface area contributed by atoms with Gasteiger partial charge in [0.15, 0.2) is 5.96 Å². The highest BCUT2D eigenvalue weighted by molar-refractivity contribution is 14.0. The van der Waals surface area contributed by atoms with Crippen LogP contribution in [0.1, 0.15) is 52.1 Å². The number of likely N-dealkylation sites (N-methyl/N-ethyl adjacent to an activating group) is 1. The molecule has 0 fully saturated rings. The predicted molar refractivity (Wildman–Crippen MR) is 134 cm³/mol. The lowest BCUT2D eigenvalue weighted by Gasteiger charge is -2.25. The van der Waals surface area contributed by atoms with Gasteiger partial charge in [-0.1, -0.05) is 26.0 Å². The standard InChI is InChI=1S/C22H40FN5.HI/c1-7-24-22(26-18(4)12-11-15-28(8-2)9-3)25-17-21(27(5)6)19-13-10-14-20(23)16-19;/h10,13-14,16,18,21H,7-9,11-12,15,17H2,1-6H3,(H2,24,25,26);1H. The van der Waals surface area contributed by atoms with Crippen molar-refractivity contribution in [2.75, 3.05) is 46.8 Å². The van der Waals surface area contributed by atoms with Gasteiger partial charge in [-0.25, -0.2) is 4.39 Å². The second-order valence-corrected chi connectivity index (χ2v) is 7.47. The van der Waals surface area contributed by atoms with Gasteiger partial charge in [-0.05, 0) is 78.1 Å². The van der Waals surface area contributed by atoms with Crippen LogP contribution >= 0.6 is 24.0 Å². The van der Waals surface area contributed by atoms with Crippen LogP contribution in [0.4, 0.5) is 4.39 Å². The summed E-state index contributed by atoms with van der Waals surface area (Å²) in [5.41, 5.74) is 0.942. The summed E-state index contributed by atoms with van der Waals surface area (Å²) in [5, 5.41) is 6.84. The zero-order valence-corrected chi connectivity index (χ0v) is 21.4. The fourth-order valence-electron chi connectivity index (χ4n) is 3.24. The molecule has 0 heterocycles. The van der Waals surface area contributed by atoms with Crippen molar-refractivity contribution in [1.82, 2.24) is 20.4 Å². The number of rotatable bonds is 12. The van der Waals surface area contributed by atoms with E-state index < -0.39 is 0 Å². The first-order valence-electron chi connectivity index (χ1n) is 10.6. The van der Waals surface area contributed by atoms with Crippen molar-refractivity contribution in [3.63, 3.8) is 0 Å². The van der Waals surface area contributed by atoms with Crippen LogP contribution in [-0.2, 0) is 0 Å². The van der Waals surface area contributed by atoms with Crippen LogP contribution in [0.25, 0.3) is 0 Å². The third-order valence-electron chi connectivity index (χ3n) is 5.01. The maximum atomic E-state index is 13.6. The topological polar surface area (TPSA) is 42.9 Å². The van der Waals surface area contributed by atoms with E-state index in [-0.39, 0.29) is 35.8 Å². The van der Waals surface area contributed by atoms with Gasteiger partial charge in [0.1, 0.15) is 5.82 Å². The van der Waals surface area contributed by atoms with Crippen molar-refractivity contribution >= 4 is 29.9 Å². The third-order valence-corrected chi connectivity index (χ3v) is 5.01. The van der Waals surface area contributed by atoms with Crippen LogP contribution < -0.4 is 10.6 Å². The first-order valence-corrected chi connectivity index (χ1v) is 10.6. The van der Waals surface area contributed by atoms with Crippen LogP contribution in [0.15, 0.2) is 29.3 Å². The van der Waals surface area contributed by atoms with Crippen LogP contribution in [-0.4, -0.2) is 68.6 Å². The maximum Gasteiger partial charge on any atom is 0.191 e. The average Bonchev–Trinajstić information content (AvgIpc) is 2.65. The van der Waals surface area contributed by atoms with Crippen LogP contribution in [0.5, 0.6) is 0 Å². The van der Waals surface area contributed by atoms with Crippen LogP contribution in [0.2, 0.25) is 0 Å². The van der Waals surface area contributed by atoms with Crippen molar-refractivity contribution in [3.05, 3.63) is 35.6 Å². The third kappa shape index (κ3) is 11.1. The molecule has 0 radical (unpaired) electrons. The highest BCUT2D eigenvalue weighted by Crippen LogP contribution is 2.19. The number of benzene rings is 1. The molecule has 2 unspecified atom stereocenters. The first kappa shape index (κ1) is 28.1. The van der Waals surface area contributed by atoms with Crippen molar-refractivity contribution < 1.29 is 4.39 Å². The summed E-state index contributed by atoms with van der Waals surface area (Å²) in [6.45, 7) is 13.4. The quantitative estimate of drug-likeness (QED) is 0.247. The van der Waals surface area contributed by atoms with E-state index in [0.717, 1.165) is 44.1 Å². The molecule has 5 nitrogen and oxygen atoms in total. The molecule has 1 aromatic rings. The smallest absolute Gasteiger partial charge is 0.191 e. The second-order valence-electron chi connectivity index (χ2n) is 7.47. The minimum absolute atomic E-state index is 0. The maximum absolute atomic E-state index is 13.6. The molecule has 2 N–H and O–H groups in total. The Kier molecular flexibility index (Phi) is 15.3. The normalized spacial score (nSPS) is 13.9. The summed E-state index contributed by atoms with van der Waals surface area (Å²) in [4.78, 5) is 9.31. The molecule has 7 heteroatoms. The van der Waals surface area contributed by atoms with Gasteiger partial charge in [0.05, 0.1) is 12.6 Å². The van der Waals surface area contributed by atoms with Gasteiger partial charge in [0.25, 0.3) is 0 Å². The number of halogens is 2. The van der Waals surface area contributed by atoms with E-state index in [1.807, 2.05) is 20.2 Å². The van der Waals surface area contributed by atoms with E-state index >= 15 is 0 Å². The Labute approximate surface area is 194 Å². The van der Waals surface area contributed by atoms with Gasteiger partial charge in [0.2, 0.25) is 0 Å². The zero-order chi connectivity index (χ0) is 20.9. The lowest BCUT2D eigenvalue weighted by Crippen LogP contribution is -2.43. The van der Waals surface area contributed by atoms with Crippen LogP contribution in [0, 0.1) is 5.82 Å². The average molecular weight is 522 g/mol. The fraction of sp³-hybridized carbons (Fsp3) is 0.682. The molecular weight excluding hydrogens is 480 g/mol. The number of nitrogens with zero attached hydrogens (tertiary/aromatic N) is 3. The molecule has 0 aliphatic rings. The Bertz CT molecular complexity index is 578. The van der Waals surface area contributed by atoms with Crippen LogP contribution in [0.3, 0.4) is 0 Å². The van der Waals surface area contributed by atoms with E-state index in [9.17, 15) is 4.39 Å². The SMILES string of the molecule is CCNC(=NCC(c1cccc(F)c1)N(C)C)NC(C)CCCN(CC)CC.I. The first-order chi connectivity index (χ1) is 13.4. The van der Waals surface area contributed by atoms with E-state index in [0.29, 0.717) is 12.6 Å². The number of hydrogen-bond acceptors (Lipinski definition) is 3. The number of nitrogens with one attached hydrogen (secondary N) is 2. The molecule has 1 aromatic carbocycles. The summed E-state index contributed by atoms with van der Waals surface area (Å²) >= 11 is 0. The molecule has 0 aliphatic heterocycles. The number of guanidine groups is 1. The van der Waals surface area contributed by atoms with Crippen molar-refractivity contribution in [2.45, 2.75) is 52.6 Å². The molecule has 29 heavy (non-hydrogen) atoms. The molecule has 0 spiro atoms. The highest BCUT2D eigenvalue weighted by atomic mass is 127. The van der Waals surface area contributed by atoms with Gasteiger partial charge in [-0.2, -0.15) is 0 Å². The van der Waals surface area contributed by atoms with Gasteiger partial charge in [0, 0.05) is 12.6 Å². The highest BCUT2D eigenvalue weighted by Gasteiger charge is 2.15. The van der Waals surface area contributed by atoms with Gasteiger partial charge < -0.3 is 20.4 Å². The molecule has 2 atom stereocenters. The Morgan fingerprint density at radius 3 is 2.41 bits per heavy atom. The Morgan fingerprint density at radius 1 is 1.17 bits per heavy atom. The van der Waals surface area contributed by atoms with E-state index in [2.05, 4.69) is 48.1 Å². The largest absolute Gasteiger partial charge is 0.357 e. The second kappa shape index (κ2) is 15.8. The molecule has 0 saturated heterocycles. The summed E-state index contributed by atoms with van der Waals surface area (Å²) in [6.07, 6.45) is 2.26. The molecule has 0 amide bonds. The summed E-state index contributed by atoms with van der Waals surface area (Å²) in [7, 11) is 4.00. The number of aliphatic imine (C=N–C) groups is 1. The van der Waals surface area contributed by atoms with Gasteiger partial charge in [-0.15, -0.1) is 24.0 Å². The van der Waals surface area contributed by atoms with Crippen molar-refractivity contribution in [3.8, 4) is 0 Å². The van der Waals surface area contributed by atoms with Crippen molar-refractivity contribution in [2.24, 2.45) is 4.99 Å². The lowest BCUT2D eigenvalue weighted by molar-refractivity contribution is 0.292. The van der Waals surface area contributed by atoms with E-state index in [4.69, 9.17) is 4.99 Å². The molecular formula is C22H41FIN5. The molecule has 0 bridgehead atoms.